The number of halogens is 2. The van der Waals surface area contributed by atoms with Gasteiger partial charge in [-0.3, -0.25) is 13.9 Å². The van der Waals surface area contributed by atoms with Crippen LogP contribution in [-0.4, -0.2) is 50.5 Å². The van der Waals surface area contributed by atoms with Gasteiger partial charge in [0.05, 0.1) is 11.9 Å². The van der Waals surface area contributed by atoms with Gasteiger partial charge in [-0.15, -0.1) is 0 Å². The highest BCUT2D eigenvalue weighted by Gasteiger charge is 2.34. The molecule has 226 valence electrons. The highest BCUT2D eigenvalue weighted by atomic mass is 35.5. The van der Waals surface area contributed by atoms with E-state index in [0.717, 1.165) is 34.4 Å². The maximum atomic E-state index is 14.4. The summed E-state index contributed by atoms with van der Waals surface area (Å²) in [5.41, 5.74) is 1.68. The first-order chi connectivity index (χ1) is 20.6. The third-order valence-corrected chi connectivity index (χ3v) is 9.04. The molecule has 0 bridgehead atoms. The summed E-state index contributed by atoms with van der Waals surface area (Å²) in [5.74, 6) is -0.911. The summed E-state index contributed by atoms with van der Waals surface area (Å²) in [6, 6.07) is 26.1. The van der Waals surface area contributed by atoms with E-state index in [1.54, 1.807) is 30.3 Å². The monoisotopic (exact) mass is 639 g/mol. The van der Waals surface area contributed by atoms with E-state index in [9.17, 15) is 18.0 Å². The molecule has 0 aliphatic rings. The molecule has 1 N–H and O–H groups in total. The van der Waals surface area contributed by atoms with Crippen molar-refractivity contribution in [2.75, 3.05) is 23.7 Å². The molecule has 0 heterocycles. The molecule has 4 aromatic carbocycles. The van der Waals surface area contributed by atoms with Crippen LogP contribution in [0, 0.1) is 0 Å². The molecule has 0 aliphatic carbocycles. The molecule has 0 radical (unpaired) electrons. The molecule has 2 amide bonds. The van der Waals surface area contributed by atoms with Crippen molar-refractivity contribution in [1.82, 2.24) is 10.2 Å². The molecule has 1 unspecified atom stereocenters. The normalized spacial score (nSPS) is 12.1. The number of amides is 2. The van der Waals surface area contributed by atoms with Gasteiger partial charge in [-0.2, -0.15) is 0 Å². The van der Waals surface area contributed by atoms with Crippen LogP contribution in [0.5, 0.6) is 0 Å². The number of unbranched alkanes of at least 4 members (excludes halogenated alkanes) is 1. The number of hydrogen-bond donors (Lipinski definition) is 1. The van der Waals surface area contributed by atoms with Crippen molar-refractivity contribution in [3.63, 3.8) is 0 Å². The van der Waals surface area contributed by atoms with Crippen LogP contribution in [-0.2, 0) is 32.6 Å². The van der Waals surface area contributed by atoms with Crippen LogP contribution in [0.25, 0.3) is 10.8 Å². The van der Waals surface area contributed by atoms with E-state index in [1.807, 2.05) is 67.6 Å². The lowest BCUT2D eigenvalue weighted by Crippen LogP contribution is -2.53. The standard InChI is InChI=1S/C33H35Cl2N3O4S/c1-3-4-20-36-33(40)31(21-24-12-6-5-7-13-24)37(22-27-28(34)17-11-18-29(27)35)32(39)23-38(43(2,41)42)30-19-10-15-25-14-8-9-16-26(25)30/h5-19,31H,3-4,20-23H2,1-2H3,(H,36,40). The van der Waals surface area contributed by atoms with Gasteiger partial charge in [-0.1, -0.05) is 109 Å². The zero-order chi connectivity index (χ0) is 31.0. The second-order valence-electron chi connectivity index (χ2n) is 10.3. The molecule has 1 atom stereocenters. The fraction of sp³-hybridized carbons (Fsp3) is 0.273. The fourth-order valence-electron chi connectivity index (χ4n) is 4.93. The molecular formula is C33H35Cl2N3O4S. The Kier molecular flexibility index (Phi) is 11.1. The summed E-state index contributed by atoms with van der Waals surface area (Å²) in [4.78, 5) is 29.5. The molecule has 4 aromatic rings. The number of fused-ring (bicyclic) bond motifs is 1. The number of carbonyl (C=O) groups is 2. The summed E-state index contributed by atoms with van der Waals surface area (Å²) >= 11 is 13.1. The Balaban J connectivity index is 1.80. The van der Waals surface area contributed by atoms with E-state index in [2.05, 4.69) is 5.32 Å². The smallest absolute Gasteiger partial charge is 0.244 e. The first kappa shape index (κ1) is 32.3. The van der Waals surface area contributed by atoms with Crippen molar-refractivity contribution in [3.05, 3.63) is 112 Å². The Morgan fingerprint density at radius 2 is 1.49 bits per heavy atom. The summed E-state index contributed by atoms with van der Waals surface area (Å²) in [5, 5.41) is 5.15. The molecule has 0 saturated heterocycles. The number of rotatable bonds is 13. The lowest BCUT2D eigenvalue weighted by Gasteiger charge is -2.34. The number of anilines is 1. The van der Waals surface area contributed by atoms with Gasteiger partial charge in [0, 0.05) is 40.5 Å². The van der Waals surface area contributed by atoms with Crippen LogP contribution < -0.4 is 9.62 Å². The van der Waals surface area contributed by atoms with Gasteiger partial charge in [0.1, 0.15) is 12.6 Å². The highest BCUT2D eigenvalue weighted by molar-refractivity contribution is 7.92. The minimum absolute atomic E-state index is 0.0941. The van der Waals surface area contributed by atoms with Crippen LogP contribution in [0.4, 0.5) is 5.69 Å². The van der Waals surface area contributed by atoms with Crippen LogP contribution >= 0.6 is 23.2 Å². The number of hydrogen-bond acceptors (Lipinski definition) is 4. The summed E-state index contributed by atoms with van der Waals surface area (Å²) in [6.07, 6.45) is 2.93. The molecule has 0 saturated carbocycles. The van der Waals surface area contributed by atoms with Gasteiger partial charge in [0.15, 0.2) is 0 Å². The molecule has 0 fully saturated rings. The zero-order valence-corrected chi connectivity index (χ0v) is 26.5. The average molecular weight is 641 g/mol. The molecule has 4 rings (SSSR count). The number of sulfonamides is 1. The van der Waals surface area contributed by atoms with Crippen molar-refractivity contribution < 1.29 is 18.0 Å². The lowest BCUT2D eigenvalue weighted by atomic mass is 10.0. The minimum Gasteiger partial charge on any atom is -0.354 e. The maximum Gasteiger partial charge on any atom is 0.244 e. The second-order valence-corrected chi connectivity index (χ2v) is 13.1. The molecular weight excluding hydrogens is 605 g/mol. The molecule has 0 aliphatic heterocycles. The number of nitrogens with zero attached hydrogens (tertiary/aromatic N) is 2. The Labute approximate surface area is 263 Å². The van der Waals surface area contributed by atoms with Crippen LogP contribution in [0.1, 0.15) is 30.9 Å². The topological polar surface area (TPSA) is 86.8 Å². The SMILES string of the molecule is CCCCNC(=O)C(Cc1ccccc1)N(Cc1c(Cl)cccc1Cl)C(=O)CN(c1cccc2ccccc12)S(C)(=O)=O. The van der Waals surface area contributed by atoms with E-state index in [0.29, 0.717) is 33.2 Å². The molecule has 43 heavy (non-hydrogen) atoms. The molecule has 0 spiro atoms. The Morgan fingerprint density at radius 3 is 2.16 bits per heavy atom. The fourth-order valence-corrected chi connectivity index (χ4v) is 6.31. The highest BCUT2D eigenvalue weighted by Crippen LogP contribution is 2.30. The van der Waals surface area contributed by atoms with Crippen molar-refractivity contribution in [3.8, 4) is 0 Å². The van der Waals surface area contributed by atoms with Crippen molar-refractivity contribution in [1.29, 1.82) is 0 Å². The Bertz CT molecular complexity index is 1660. The van der Waals surface area contributed by atoms with Gasteiger partial charge in [0.25, 0.3) is 0 Å². The third-order valence-electron chi connectivity index (χ3n) is 7.21. The minimum atomic E-state index is -3.92. The quantitative estimate of drug-likeness (QED) is 0.170. The number of benzene rings is 4. The van der Waals surface area contributed by atoms with E-state index in [4.69, 9.17) is 23.2 Å². The van der Waals surface area contributed by atoms with Crippen LogP contribution in [0.15, 0.2) is 91.0 Å². The summed E-state index contributed by atoms with van der Waals surface area (Å²) in [7, 11) is -3.92. The zero-order valence-electron chi connectivity index (χ0n) is 24.2. The van der Waals surface area contributed by atoms with Crippen LogP contribution in [0.3, 0.4) is 0 Å². The predicted octanol–water partition coefficient (Wildman–Crippen LogP) is 6.47. The Hall–Kier alpha value is -3.59. The lowest BCUT2D eigenvalue weighted by molar-refractivity contribution is -0.140. The van der Waals surface area contributed by atoms with E-state index in [-0.39, 0.29) is 18.9 Å². The first-order valence-corrected chi connectivity index (χ1v) is 16.7. The van der Waals surface area contributed by atoms with Gasteiger partial charge in [0.2, 0.25) is 21.8 Å². The maximum absolute atomic E-state index is 14.4. The van der Waals surface area contributed by atoms with Gasteiger partial charge in [-0.05, 0) is 35.6 Å². The molecule has 7 nitrogen and oxygen atoms in total. The van der Waals surface area contributed by atoms with Crippen molar-refractivity contribution in [2.24, 2.45) is 0 Å². The number of nitrogens with one attached hydrogen (secondary N) is 1. The van der Waals surface area contributed by atoms with E-state index in [1.165, 1.54) is 4.90 Å². The summed E-state index contributed by atoms with van der Waals surface area (Å²) in [6.45, 7) is 1.85. The van der Waals surface area contributed by atoms with E-state index < -0.39 is 28.5 Å². The van der Waals surface area contributed by atoms with Crippen molar-refractivity contribution in [2.45, 2.75) is 38.8 Å². The Morgan fingerprint density at radius 1 is 0.860 bits per heavy atom. The van der Waals surface area contributed by atoms with Gasteiger partial charge < -0.3 is 10.2 Å². The second kappa shape index (κ2) is 14.7. The van der Waals surface area contributed by atoms with E-state index >= 15 is 0 Å². The largest absolute Gasteiger partial charge is 0.354 e. The van der Waals surface area contributed by atoms with Crippen LogP contribution in [0.2, 0.25) is 10.0 Å². The van der Waals surface area contributed by atoms with Gasteiger partial charge >= 0.3 is 0 Å². The molecule has 10 heteroatoms. The van der Waals surface area contributed by atoms with Crippen molar-refractivity contribution >= 4 is 61.5 Å². The van der Waals surface area contributed by atoms with Gasteiger partial charge in [-0.25, -0.2) is 8.42 Å². The average Bonchev–Trinajstić information content (AvgIpc) is 2.98. The predicted molar refractivity (Wildman–Crippen MR) is 175 cm³/mol. The number of carbonyl (C=O) groups excluding carboxylic acids is 2. The first-order valence-electron chi connectivity index (χ1n) is 14.1. The third kappa shape index (κ3) is 8.28. The summed E-state index contributed by atoms with van der Waals surface area (Å²) < 4.78 is 27.5. The molecule has 0 aromatic heterocycles.